The molecule has 3 atom stereocenters. The van der Waals surface area contributed by atoms with Crippen molar-refractivity contribution in [2.75, 3.05) is 6.54 Å². The maximum atomic E-state index is 14.5. The first-order chi connectivity index (χ1) is 19.5. The lowest BCUT2D eigenvalue weighted by atomic mass is 9.98. The Morgan fingerprint density at radius 3 is 2.44 bits per heavy atom. The van der Waals surface area contributed by atoms with Gasteiger partial charge in [0.25, 0.3) is 17.7 Å². The number of aliphatic hydroxyl groups is 1. The molecule has 3 aromatic carbocycles. The maximum Gasteiger partial charge on any atom is 0.267 e. The third-order valence-electron chi connectivity index (χ3n) is 7.07. The first-order valence-electron chi connectivity index (χ1n) is 13.0. The summed E-state index contributed by atoms with van der Waals surface area (Å²) >= 11 is 6.12. The molecule has 4 N–H and O–H groups in total. The third kappa shape index (κ3) is 7.20. The van der Waals surface area contributed by atoms with Crippen LogP contribution < -0.4 is 10.6 Å². The number of carbonyl (C=O) groups is 3. The molecule has 8 nitrogen and oxygen atoms in total. The summed E-state index contributed by atoms with van der Waals surface area (Å²) in [4.78, 5) is 40.3. The molecule has 11 heteroatoms. The van der Waals surface area contributed by atoms with Gasteiger partial charge in [0.05, 0.1) is 12.6 Å². The van der Waals surface area contributed by atoms with Gasteiger partial charge in [0, 0.05) is 29.1 Å². The molecule has 1 saturated heterocycles. The van der Waals surface area contributed by atoms with Crippen molar-refractivity contribution < 1.29 is 33.4 Å². The highest BCUT2D eigenvalue weighted by molar-refractivity contribution is 6.31. The number of halogens is 3. The van der Waals surface area contributed by atoms with E-state index in [9.17, 15) is 33.4 Å². The van der Waals surface area contributed by atoms with Crippen LogP contribution >= 0.6 is 11.6 Å². The predicted octanol–water partition coefficient (Wildman–Crippen LogP) is 3.61. The van der Waals surface area contributed by atoms with Gasteiger partial charge in [-0.25, -0.2) is 8.78 Å². The SMILES string of the molecule is Cc1c(O)cccc1C(=O)N[C@@H](Cc1ccccc1)[C@H](O)C(=O)N1CC(F)(F)CC1C(=O)NCc1ccccc1Cl. The molecule has 3 aromatic rings. The fraction of sp³-hybridized carbons (Fsp3) is 0.300. The molecular weight excluding hydrogens is 556 g/mol. The number of phenols is 1. The molecule has 0 radical (unpaired) electrons. The topological polar surface area (TPSA) is 119 Å². The van der Waals surface area contributed by atoms with Crippen LogP contribution in [0.1, 0.15) is 33.5 Å². The van der Waals surface area contributed by atoms with Gasteiger partial charge in [-0.15, -0.1) is 0 Å². The van der Waals surface area contributed by atoms with Crippen molar-refractivity contribution in [3.8, 4) is 5.75 Å². The molecular formula is C30H30ClF2N3O5. The van der Waals surface area contributed by atoms with Gasteiger partial charge in [-0.1, -0.05) is 66.2 Å². The number of likely N-dealkylation sites (tertiary alicyclic amines) is 1. The molecule has 1 aliphatic heterocycles. The molecule has 0 spiro atoms. The number of nitrogens with one attached hydrogen (secondary N) is 2. The van der Waals surface area contributed by atoms with Gasteiger partial charge in [-0.05, 0) is 42.7 Å². The summed E-state index contributed by atoms with van der Waals surface area (Å²) in [5, 5.41) is 26.8. The predicted molar refractivity (Wildman–Crippen MR) is 149 cm³/mol. The van der Waals surface area contributed by atoms with Crippen molar-refractivity contribution in [1.29, 1.82) is 0 Å². The fourth-order valence-corrected chi connectivity index (χ4v) is 4.99. The Hall–Kier alpha value is -4.02. The van der Waals surface area contributed by atoms with Gasteiger partial charge in [0.1, 0.15) is 11.8 Å². The Kier molecular flexibility index (Phi) is 9.25. The minimum absolute atomic E-state index is 0.00898. The summed E-state index contributed by atoms with van der Waals surface area (Å²) in [6.45, 7) is 0.433. The minimum Gasteiger partial charge on any atom is -0.508 e. The normalized spacial score (nSPS) is 17.5. The van der Waals surface area contributed by atoms with Crippen molar-refractivity contribution in [2.45, 2.75) is 50.4 Å². The van der Waals surface area contributed by atoms with E-state index in [2.05, 4.69) is 10.6 Å². The summed E-state index contributed by atoms with van der Waals surface area (Å²) in [5.74, 6) is -6.08. The fourth-order valence-electron chi connectivity index (χ4n) is 4.79. The number of aromatic hydroxyl groups is 1. The molecule has 4 rings (SSSR count). The van der Waals surface area contributed by atoms with Crippen molar-refractivity contribution in [2.24, 2.45) is 0 Å². The number of hydrogen-bond acceptors (Lipinski definition) is 5. The molecule has 0 saturated carbocycles. The highest BCUT2D eigenvalue weighted by Gasteiger charge is 2.51. The molecule has 1 heterocycles. The Balaban J connectivity index is 1.55. The van der Waals surface area contributed by atoms with Gasteiger partial charge < -0.3 is 25.7 Å². The third-order valence-corrected chi connectivity index (χ3v) is 7.43. The zero-order chi connectivity index (χ0) is 29.7. The Bertz CT molecular complexity index is 1420. The van der Waals surface area contributed by atoms with E-state index in [-0.39, 0.29) is 24.3 Å². The standard InChI is InChI=1S/C30H30ClF2N3O5/c1-18-21(11-7-13-25(18)37)27(39)35-23(14-19-8-3-2-4-9-19)26(38)29(41)36-17-30(32,33)15-24(36)28(40)34-16-20-10-5-6-12-22(20)31/h2-13,23-24,26,37-38H,14-17H2,1H3,(H,34,40)(H,35,39)/t23-,24?,26-/m0/s1. The van der Waals surface area contributed by atoms with Crippen molar-refractivity contribution in [1.82, 2.24) is 15.5 Å². The van der Waals surface area contributed by atoms with E-state index in [0.717, 1.165) is 0 Å². The van der Waals surface area contributed by atoms with Gasteiger partial charge in [-0.3, -0.25) is 14.4 Å². The van der Waals surface area contributed by atoms with Crippen LogP contribution in [0.3, 0.4) is 0 Å². The van der Waals surface area contributed by atoms with Crippen LogP contribution in [0.4, 0.5) is 8.78 Å². The van der Waals surface area contributed by atoms with E-state index in [1.165, 1.54) is 25.1 Å². The average Bonchev–Trinajstić information content (AvgIpc) is 3.28. The number of carbonyl (C=O) groups excluding carboxylic acids is 3. The molecule has 0 bridgehead atoms. The summed E-state index contributed by atoms with van der Waals surface area (Å²) in [6.07, 6.45) is -2.88. The van der Waals surface area contributed by atoms with Crippen LogP contribution in [0.2, 0.25) is 5.02 Å². The van der Waals surface area contributed by atoms with Crippen LogP contribution in [0, 0.1) is 6.92 Å². The lowest BCUT2D eigenvalue weighted by molar-refractivity contribution is -0.147. The molecule has 0 aromatic heterocycles. The molecule has 1 aliphatic rings. The summed E-state index contributed by atoms with van der Waals surface area (Å²) in [7, 11) is 0. The monoisotopic (exact) mass is 585 g/mol. The first kappa shape index (κ1) is 30.0. The quantitative estimate of drug-likeness (QED) is 0.306. The van der Waals surface area contributed by atoms with Gasteiger partial charge in [0.2, 0.25) is 5.91 Å². The second-order valence-electron chi connectivity index (χ2n) is 10.0. The zero-order valence-electron chi connectivity index (χ0n) is 22.2. The second-order valence-corrected chi connectivity index (χ2v) is 10.4. The van der Waals surface area contributed by atoms with E-state index in [0.29, 0.717) is 26.6 Å². The Morgan fingerprint density at radius 2 is 1.73 bits per heavy atom. The molecule has 41 heavy (non-hydrogen) atoms. The zero-order valence-corrected chi connectivity index (χ0v) is 22.9. The number of rotatable bonds is 9. The Morgan fingerprint density at radius 1 is 1.05 bits per heavy atom. The average molecular weight is 586 g/mol. The van der Waals surface area contributed by atoms with E-state index >= 15 is 0 Å². The Labute approximate surface area is 240 Å². The summed E-state index contributed by atoms with van der Waals surface area (Å²) in [5.41, 5.74) is 1.64. The number of aliphatic hydroxyl groups excluding tert-OH is 1. The summed E-state index contributed by atoms with van der Waals surface area (Å²) < 4.78 is 29.1. The van der Waals surface area contributed by atoms with Crippen molar-refractivity contribution in [3.63, 3.8) is 0 Å². The minimum atomic E-state index is -3.36. The molecule has 216 valence electrons. The van der Waals surface area contributed by atoms with E-state index < -0.39 is 54.8 Å². The van der Waals surface area contributed by atoms with Crippen molar-refractivity contribution in [3.05, 3.63) is 100 Å². The van der Waals surface area contributed by atoms with Gasteiger partial charge in [-0.2, -0.15) is 0 Å². The molecule has 1 unspecified atom stereocenters. The van der Waals surface area contributed by atoms with E-state index in [1.54, 1.807) is 54.6 Å². The lowest BCUT2D eigenvalue weighted by Gasteiger charge is -2.30. The lowest BCUT2D eigenvalue weighted by Crippen LogP contribution is -2.56. The second kappa shape index (κ2) is 12.7. The largest absolute Gasteiger partial charge is 0.508 e. The first-order valence-corrected chi connectivity index (χ1v) is 13.4. The van der Waals surface area contributed by atoms with Gasteiger partial charge in [0.15, 0.2) is 6.10 Å². The summed E-state index contributed by atoms with van der Waals surface area (Å²) in [6, 6.07) is 17.0. The van der Waals surface area contributed by atoms with Crippen LogP contribution in [-0.2, 0) is 22.6 Å². The molecule has 0 aliphatic carbocycles. The highest BCUT2D eigenvalue weighted by Crippen LogP contribution is 2.33. The van der Waals surface area contributed by atoms with Crippen molar-refractivity contribution >= 4 is 29.3 Å². The smallest absolute Gasteiger partial charge is 0.267 e. The number of phenolic OH excluding ortho intramolecular Hbond substituents is 1. The molecule has 1 fully saturated rings. The van der Waals surface area contributed by atoms with Crippen LogP contribution in [0.5, 0.6) is 5.75 Å². The highest BCUT2D eigenvalue weighted by atomic mass is 35.5. The van der Waals surface area contributed by atoms with Crippen LogP contribution in [0.25, 0.3) is 0 Å². The number of hydrogen-bond donors (Lipinski definition) is 4. The number of nitrogens with zero attached hydrogens (tertiary/aromatic N) is 1. The van der Waals surface area contributed by atoms with Crippen LogP contribution in [0.15, 0.2) is 72.8 Å². The van der Waals surface area contributed by atoms with E-state index in [4.69, 9.17) is 11.6 Å². The maximum absolute atomic E-state index is 14.5. The van der Waals surface area contributed by atoms with Gasteiger partial charge >= 0.3 is 0 Å². The van der Waals surface area contributed by atoms with E-state index in [1.807, 2.05) is 0 Å². The van der Waals surface area contributed by atoms with Crippen LogP contribution in [-0.4, -0.2) is 63.5 Å². The molecule has 3 amide bonds. The number of amides is 3. The number of alkyl halides is 2. The number of benzene rings is 3.